The highest BCUT2D eigenvalue weighted by Gasteiger charge is 2.37. The Balaban J connectivity index is 1.89. The van der Waals surface area contributed by atoms with Crippen LogP contribution in [-0.2, 0) is 9.59 Å². The van der Waals surface area contributed by atoms with Gasteiger partial charge in [0, 0.05) is 6.07 Å². The number of hydrogen-bond acceptors (Lipinski definition) is 7. The number of hydrogen-bond donors (Lipinski definition) is 1. The van der Waals surface area contributed by atoms with E-state index in [-0.39, 0.29) is 16.3 Å². The summed E-state index contributed by atoms with van der Waals surface area (Å²) in [5.74, 6) is -0.0396. The summed E-state index contributed by atoms with van der Waals surface area (Å²) in [6.45, 7) is 5.08. The van der Waals surface area contributed by atoms with Gasteiger partial charge in [0.05, 0.1) is 38.1 Å². The predicted octanol–water partition coefficient (Wildman–Crippen LogP) is 5.77. The van der Waals surface area contributed by atoms with Gasteiger partial charge in [-0.3, -0.25) is 14.9 Å². The number of nitrogens with one attached hydrogen (secondary N) is 1. The Morgan fingerprint density at radius 3 is 2.32 bits per heavy atom. The molecule has 3 rings (SSSR count). The maximum atomic E-state index is 13.4. The number of rotatable bonds is 13. The van der Waals surface area contributed by atoms with Crippen LogP contribution in [0.15, 0.2) is 35.9 Å². The van der Waals surface area contributed by atoms with Gasteiger partial charge in [-0.15, -0.1) is 0 Å². The first-order valence-electron chi connectivity index (χ1n) is 12.6. The molecule has 2 aromatic rings. The van der Waals surface area contributed by atoms with Crippen molar-refractivity contribution in [1.29, 1.82) is 0 Å². The average Bonchev–Trinajstić information content (AvgIpc) is 2.90. The summed E-state index contributed by atoms with van der Waals surface area (Å²) in [5.41, 5.74) is 0.397. The number of nitrogens with zero attached hydrogens (tertiary/aromatic N) is 1. The van der Waals surface area contributed by atoms with Crippen LogP contribution in [0, 0.1) is 0 Å². The van der Waals surface area contributed by atoms with Crippen molar-refractivity contribution in [2.75, 3.05) is 32.3 Å². The Kier molecular flexibility index (Phi) is 10.4. The number of halogens is 1. The molecule has 38 heavy (non-hydrogen) atoms. The first-order chi connectivity index (χ1) is 18.3. The van der Waals surface area contributed by atoms with Crippen LogP contribution >= 0.6 is 11.6 Å². The van der Waals surface area contributed by atoms with Crippen molar-refractivity contribution in [3.63, 3.8) is 0 Å². The molecule has 9 nitrogen and oxygen atoms in total. The third-order valence-electron chi connectivity index (χ3n) is 5.78. The number of barbiturate groups is 1. The molecule has 1 fully saturated rings. The summed E-state index contributed by atoms with van der Waals surface area (Å²) in [6.07, 6.45) is 6.33. The highest BCUT2D eigenvalue weighted by molar-refractivity contribution is 6.39. The van der Waals surface area contributed by atoms with Crippen molar-refractivity contribution in [2.45, 2.75) is 46.0 Å². The third-order valence-corrected chi connectivity index (χ3v) is 6.06. The number of methoxy groups -OCH3 is 2. The van der Waals surface area contributed by atoms with E-state index in [9.17, 15) is 14.4 Å². The number of carbonyl (C=O) groups is 3. The van der Waals surface area contributed by atoms with Crippen LogP contribution in [0.3, 0.4) is 0 Å². The van der Waals surface area contributed by atoms with Crippen LogP contribution < -0.4 is 29.2 Å². The molecule has 0 radical (unpaired) electrons. The molecule has 1 saturated heterocycles. The van der Waals surface area contributed by atoms with Crippen molar-refractivity contribution in [2.24, 2.45) is 0 Å². The minimum atomic E-state index is -0.871. The maximum absolute atomic E-state index is 13.4. The molecule has 0 spiro atoms. The molecule has 1 aliphatic rings. The summed E-state index contributed by atoms with van der Waals surface area (Å²) in [5, 5.41) is 2.49. The molecule has 0 saturated carbocycles. The van der Waals surface area contributed by atoms with Crippen molar-refractivity contribution in [3.8, 4) is 23.0 Å². The lowest BCUT2D eigenvalue weighted by atomic mass is 10.1. The Bertz CT molecular complexity index is 1210. The summed E-state index contributed by atoms with van der Waals surface area (Å²) >= 11 is 6.47. The van der Waals surface area contributed by atoms with Gasteiger partial charge in [0.2, 0.25) is 0 Å². The van der Waals surface area contributed by atoms with Gasteiger partial charge in [-0.1, -0.05) is 44.7 Å². The number of amides is 4. The van der Waals surface area contributed by atoms with E-state index in [1.165, 1.54) is 26.4 Å². The lowest BCUT2D eigenvalue weighted by Gasteiger charge is -2.27. The zero-order chi connectivity index (χ0) is 27.7. The van der Waals surface area contributed by atoms with Gasteiger partial charge in [0.15, 0.2) is 23.0 Å². The van der Waals surface area contributed by atoms with Crippen LogP contribution in [0.2, 0.25) is 5.02 Å². The highest BCUT2D eigenvalue weighted by Crippen LogP contribution is 2.38. The molecular weight excluding hydrogens is 512 g/mol. The summed E-state index contributed by atoms with van der Waals surface area (Å²) < 4.78 is 22.3. The van der Waals surface area contributed by atoms with Gasteiger partial charge >= 0.3 is 6.03 Å². The minimum absolute atomic E-state index is 0.217. The fraction of sp³-hybridized carbons (Fsp3) is 0.393. The molecule has 4 amide bonds. The third kappa shape index (κ3) is 6.77. The van der Waals surface area contributed by atoms with Gasteiger partial charge in [-0.05, 0) is 48.7 Å². The molecule has 204 valence electrons. The zero-order valence-electron chi connectivity index (χ0n) is 22.1. The summed E-state index contributed by atoms with van der Waals surface area (Å²) in [4.78, 5) is 39.5. The second-order valence-corrected chi connectivity index (χ2v) is 8.99. The number of unbranched alkanes of at least 4 members (excludes halogenated alkanes) is 3. The van der Waals surface area contributed by atoms with E-state index in [4.69, 9.17) is 30.5 Å². The SMILES string of the molecule is CCCCCCOc1c(Cl)cc(/C=C2/C(=O)NC(=O)N(c3ccc(OCCC)c(OC)c3)C2=O)cc1OC. The molecule has 0 unspecified atom stereocenters. The Hall–Kier alpha value is -3.72. The van der Waals surface area contributed by atoms with E-state index in [0.717, 1.165) is 37.0 Å². The summed E-state index contributed by atoms with van der Waals surface area (Å²) in [6, 6.07) is 6.97. The van der Waals surface area contributed by atoms with Gasteiger partial charge in [-0.2, -0.15) is 0 Å². The predicted molar refractivity (Wildman–Crippen MR) is 145 cm³/mol. The molecule has 0 aromatic heterocycles. The van der Waals surface area contributed by atoms with Crippen LogP contribution in [0.5, 0.6) is 23.0 Å². The van der Waals surface area contributed by atoms with Gasteiger partial charge < -0.3 is 18.9 Å². The van der Waals surface area contributed by atoms with E-state index in [1.54, 1.807) is 24.3 Å². The minimum Gasteiger partial charge on any atom is -0.493 e. The van der Waals surface area contributed by atoms with Crippen molar-refractivity contribution < 1.29 is 33.3 Å². The smallest absolute Gasteiger partial charge is 0.335 e. The molecular formula is C28H33ClN2O7. The van der Waals surface area contributed by atoms with E-state index in [2.05, 4.69) is 12.2 Å². The molecule has 0 bridgehead atoms. The van der Waals surface area contributed by atoms with Gasteiger partial charge in [0.25, 0.3) is 11.8 Å². The quantitative estimate of drug-likeness (QED) is 0.194. The first kappa shape index (κ1) is 28.8. The van der Waals surface area contributed by atoms with E-state index >= 15 is 0 Å². The van der Waals surface area contributed by atoms with Crippen molar-refractivity contribution in [3.05, 3.63) is 46.5 Å². The molecule has 1 N–H and O–H groups in total. The topological polar surface area (TPSA) is 103 Å². The fourth-order valence-corrected chi connectivity index (χ4v) is 4.13. The van der Waals surface area contributed by atoms with Crippen LogP contribution in [-0.4, -0.2) is 45.3 Å². The van der Waals surface area contributed by atoms with E-state index in [1.807, 2.05) is 6.92 Å². The monoisotopic (exact) mass is 544 g/mol. The van der Waals surface area contributed by atoms with Crippen LogP contribution in [0.4, 0.5) is 10.5 Å². The van der Waals surface area contributed by atoms with Crippen molar-refractivity contribution in [1.82, 2.24) is 5.32 Å². The fourth-order valence-electron chi connectivity index (χ4n) is 3.85. The number of imide groups is 2. The Morgan fingerprint density at radius 2 is 1.63 bits per heavy atom. The normalized spacial score (nSPS) is 14.5. The van der Waals surface area contributed by atoms with E-state index in [0.29, 0.717) is 41.8 Å². The number of urea groups is 1. The zero-order valence-corrected chi connectivity index (χ0v) is 22.9. The van der Waals surface area contributed by atoms with Gasteiger partial charge in [0.1, 0.15) is 5.57 Å². The van der Waals surface area contributed by atoms with E-state index < -0.39 is 17.8 Å². The molecule has 0 atom stereocenters. The highest BCUT2D eigenvalue weighted by atomic mass is 35.5. The Labute approximate surface area is 227 Å². The van der Waals surface area contributed by atoms with Gasteiger partial charge in [-0.25, -0.2) is 9.69 Å². The first-order valence-corrected chi connectivity index (χ1v) is 12.9. The number of carbonyl (C=O) groups excluding carboxylic acids is 3. The molecule has 1 aliphatic heterocycles. The second kappa shape index (κ2) is 13.7. The number of ether oxygens (including phenoxy) is 4. The Morgan fingerprint density at radius 1 is 0.868 bits per heavy atom. The standard InChI is InChI=1S/C28H33ClN2O7/c1-5-7-8-9-13-38-25-21(29)15-18(16-24(25)36-4)14-20-26(32)30-28(34)31(27(20)33)19-10-11-22(37-12-6-2)23(17-19)35-3/h10-11,14-17H,5-9,12-13H2,1-4H3,(H,30,32,34)/b20-14-. The van der Waals surface area contributed by atoms with Crippen LogP contribution in [0.1, 0.15) is 51.5 Å². The molecule has 10 heteroatoms. The average molecular weight is 545 g/mol. The number of benzene rings is 2. The molecule has 0 aliphatic carbocycles. The van der Waals surface area contributed by atoms with Crippen molar-refractivity contribution >= 4 is 41.2 Å². The van der Waals surface area contributed by atoms with Crippen LogP contribution in [0.25, 0.3) is 6.08 Å². The lowest BCUT2D eigenvalue weighted by Crippen LogP contribution is -2.54. The maximum Gasteiger partial charge on any atom is 0.335 e. The largest absolute Gasteiger partial charge is 0.493 e. The molecule has 1 heterocycles. The summed E-state index contributed by atoms with van der Waals surface area (Å²) in [7, 11) is 2.94. The molecule has 2 aromatic carbocycles. The number of anilines is 1. The second-order valence-electron chi connectivity index (χ2n) is 8.58. The lowest BCUT2D eigenvalue weighted by molar-refractivity contribution is -0.122.